The molecule has 0 saturated heterocycles. The van der Waals surface area contributed by atoms with E-state index >= 15 is 0 Å². The summed E-state index contributed by atoms with van der Waals surface area (Å²) in [6.07, 6.45) is 2.03. The average Bonchev–Trinajstić information content (AvgIpc) is 2.85. The van der Waals surface area contributed by atoms with Crippen molar-refractivity contribution in [3.63, 3.8) is 0 Å². The van der Waals surface area contributed by atoms with Crippen molar-refractivity contribution in [2.75, 3.05) is 12.4 Å². The first-order valence-electron chi connectivity index (χ1n) is 6.72. The second kappa shape index (κ2) is 5.54. The highest BCUT2D eigenvalue weighted by Crippen LogP contribution is 2.25. The minimum Gasteiger partial charge on any atom is -0.366 e. The average molecular weight is 296 g/mol. The molecule has 2 heterocycles. The second-order valence-electron chi connectivity index (χ2n) is 4.76. The number of rotatable bonds is 2. The largest absolute Gasteiger partial charge is 0.366 e. The predicted octanol–water partition coefficient (Wildman–Crippen LogP) is 3.23. The quantitative estimate of drug-likeness (QED) is 0.713. The van der Waals surface area contributed by atoms with Gasteiger partial charge in [-0.25, -0.2) is 4.98 Å². The third kappa shape index (κ3) is 2.60. The molecule has 3 aromatic rings. The Morgan fingerprint density at radius 3 is 2.57 bits per heavy atom. The minimum atomic E-state index is 0.603. The molecule has 1 aromatic carbocycles. The van der Waals surface area contributed by atoms with Gasteiger partial charge < -0.3 is 15.0 Å². The number of nitrogens with zero attached hydrogens (tertiary/aromatic N) is 2. The summed E-state index contributed by atoms with van der Waals surface area (Å²) in [5.74, 6) is 0. The van der Waals surface area contributed by atoms with Crippen LogP contribution in [0.5, 0.6) is 0 Å². The molecule has 0 aliphatic rings. The van der Waals surface area contributed by atoms with Crippen LogP contribution in [0.2, 0.25) is 0 Å². The molecule has 0 amide bonds. The van der Waals surface area contributed by atoms with E-state index in [0.29, 0.717) is 5.11 Å². The number of nitrogens with one attached hydrogen (secondary N) is 2. The van der Waals surface area contributed by atoms with E-state index in [-0.39, 0.29) is 0 Å². The molecule has 0 aliphatic carbocycles. The Morgan fingerprint density at radius 2 is 1.90 bits per heavy atom. The highest BCUT2D eigenvalue weighted by Gasteiger charge is 2.09. The highest BCUT2D eigenvalue weighted by atomic mass is 32.1. The van der Waals surface area contributed by atoms with Crippen molar-refractivity contribution in [3.05, 3.63) is 54.4 Å². The van der Waals surface area contributed by atoms with Crippen molar-refractivity contribution < 1.29 is 0 Å². The maximum absolute atomic E-state index is 5.09. The van der Waals surface area contributed by atoms with Crippen LogP contribution in [-0.2, 0) is 0 Å². The van der Waals surface area contributed by atoms with E-state index in [0.717, 1.165) is 28.3 Å². The van der Waals surface area contributed by atoms with Crippen LogP contribution in [0.3, 0.4) is 0 Å². The van der Waals surface area contributed by atoms with Crippen molar-refractivity contribution in [2.45, 2.75) is 6.92 Å². The predicted molar refractivity (Wildman–Crippen MR) is 90.6 cm³/mol. The summed E-state index contributed by atoms with van der Waals surface area (Å²) in [7, 11) is 1.80. The van der Waals surface area contributed by atoms with Crippen LogP contribution in [0, 0.1) is 6.92 Å². The summed E-state index contributed by atoms with van der Waals surface area (Å²) in [6.45, 7) is 2.08. The zero-order valence-electron chi connectivity index (χ0n) is 11.9. The van der Waals surface area contributed by atoms with Gasteiger partial charge in [0.25, 0.3) is 0 Å². The molecule has 2 aromatic heterocycles. The lowest BCUT2D eigenvalue weighted by Gasteiger charge is -2.07. The summed E-state index contributed by atoms with van der Waals surface area (Å²) in [5.41, 5.74) is 5.15. The van der Waals surface area contributed by atoms with Crippen LogP contribution >= 0.6 is 12.2 Å². The molecule has 0 bridgehead atoms. The molecule has 2 N–H and O–H groups in total. The molecule has 106 valence electrons. The molecular formula is C16H16N4S. The minimum absolute atomic E-state index is 0.603. The van der Waals surface area contributed by atoms with Gasteiger partial charge >= 0.3 is 0 Å². The van der Waals surface area contributed by atoms with Crippen LogP contribution < -0.4 is 10.6 Å². The number of hydrogen-bond acceptors (Lipinski definition) is 2. The first kappa shape index (κ1) is 13.6. The SMILES string of the molecule is CNC(=S)Nc1ccc(-c2nc3ccccn3c2C)cc1. The lowest BCUT2D eigenvalue weighted by molar-refractivity contribution is 1.11. The van der Waals surface area contributed by atoms with E-state index in [1.807, 2.05) is 36.5 Å². The Kier molecular flexibility index (Phi) is 3.58. The van der Waals surface area contributed by atoms with Crippen molar-refractivity contribution in [2.24, 2.45) is 0 Å². The normalized spacial score (nSPS) is 10.6. The van der Waals surface area contributed by atoms with Gasteiger partial charge in [-0.05, 0) is 43.4 Å². The fourth-order valence-corrected chi connectivity index (χ4v) is 2.41. The number of thiocarbonyl (C=S) groups is 1. The molecule has 0 radical (unpaired) electrons. The first-order valence-corrected chi connectivity index (χ1v) is 7.13. The maximum Gasteiger partial charge on any atom is 0.170 e. The summed E-state index contributed by atoms with van der Waals surface area (Å²) in [4.78, 5) is 4.69. The van der Waals surface area contributed by atoms with Crippen molar-refractivity contribution in [1.29, 1.82) is 0 Å². The molecule has 0 atom stereocenters. The molecule has 0 spiro atoms. The van der Waals surface area contributed by atoms with E-state index in [9.17, 15) is 0 Å². The number of hydrogen-bond donors (Lipinski definition) is 2. The van der Waals surface area contributed by atoms with Gasteiger partial charge in [0.15, 0.2) is 5.11 Å². The third-order valence-corrected chi connectivity index (χ3v) is 3.72. The van der Waals surface area contributed by atoms with Crippen LogP contribution in [0.25, 0.3) is 16.9 Å². The first-order chi connectivity index (χ1) is 10.2. The molecule has 5 heteroatoms. The number of benzene rings is 1. The van der Waals surface area contributed by atoms with Gasteiger partial charge in [-0.1, -0.05) is 18.2 Å². The zero-order valence-corrected chi connectivity index (χ0v) is 12.7. The van der Waals surface area contributed by atoms with Gasteiger partial charge in [-0.2, -0.15) is 0 Å². The zero-order chi connectivity index (χ0) is 14.8. The Labute approximate surface area is 128 Å². The summed E-state index contributed by atoms with van der Waals surface area (Å²) < 4.78 is 2.09. The fourth-order valence-electron chi connectivity index (χ4n) is 2.30. The topological polar surface area (TPSA) is 41.4 Å². The number of anilines is 1. The molecule has 0 unspecified atom stereocenters. The number of fused-ring (bicyclic) bond motifs is 1. The van der Waals surface area contributed by atoms with Gasteiger partial charge in [0.2, 0.25) is 0 Å². The molecule has 3 rings (SSSR count). The van der Waals surface area contributed by atoms with E-state index in [1.165, 1.54) is 0 Å². The van der Waals surface area contributed by atoms with Gasteiger partial charge in [0.1, 0.15) is 5.65 Å². The van der Waals surface area contributed by atoms with Crippen LogP contribution in [0.4, 0.5) is 5.69 Å². The Hall–Kier alpha value is -2.40. The van der Waals surface area contributed by atoms with Gasteiger partial charge in [-0.3, -0.25) is 0 Å². The Morgan fingerprint density at radius 1 is 1.14 bits per heavy atom. The highest BCUT2D eigenvalue weighted by molar-refractivity contribution is 7.80. The number of imidazole rings is 1. The number of pyridine rings is 1. The van der Waals surface area contributed by atoms with Crippen LogP contribution in [0.15, 0.2) is 48.7 Å². The van der Waals surface area contributed by atoms with E-state index in [2.05, 4.69) is 34.1 Å². The van der Waals surface area contributed by atoms with Gasteiger partial charge in [-0.15, -0.1) is 0 Å². The van der Waals surface area contributed by atoms with Crippen LogP contribution in [-0.4, -0.2) is 21.5 Å². The summed E-state index contributed by atoms with van der Waals surface area (Å²) in [5, 5.41) is 6.60. The van der Waals surface area contributed by atoms with Crippen molar-refractivity contribution >= 4 is 28.7 Å². The standard InChI is InChI=1S/C16H16N4S/c1-11-15(19-14-5-3-4-10-20(11)14)12-6-8-13(9-7-12)18-16(21)17-2/h3-10H,1-2H3,(H2,17,18,21). The number of aromatic nitrogens is 2. The molecule has 4 nitrogen and oxygen atoms in total. The smallest absolute Gasteiger partial charge is 0.170 e. The van der Waals surface area contributed by atoms with E-state index < -0.39 is 0 Å². The second-order valence-corrected chi connectivity index (χ2v) is 5.16. The van der Waals surface area contributed by atoms with E-state index in [1.54, 1.807) is 7.05 Å². The summed E-state index contributed by atoms with van der Waals surface area (Å²) in [6, 6.07) is 14.1. The molecular weight excluding hydrogens is 280 g/mol. The monoisotopic (exact) mass is 296 g/mol. The lowest BCUT2D eigenvalue weighted by Crippen LogP contribution is -2.23. The molecule has 0 aliphatic heterocycles. The third-order valence-electron chi connectivity index (χ3n) is 3.41. The van der Waals surface area contributed by atoms with E-state index in [4.69, 9.17) is 17.2 Å². The van der Waals surface area contributed by atoms with Crippen molar-refractivity contribution in [1.82, 2.24) is 14.7 Å². The lowest BCUT2D eigenvalue weighted by atomic mass is 10.1. The fraction of sp³-hybridized carbons (Fsp3) is 0.125. The Bertz CT molecular complexity index is 790. The molecule has 21 heavy (non-hydrogen) atoms. The maximum atomic E-state index is 5.09. The van der Waals surface area contributed by atoms with Crippen LogP contribution in [0.1, 0.15) is 5.69 Å². The molecule has 0 saturated carbocycles. The van der Waals surface area contributed by atoms with Gasteiger partial charge in [0.05, 0.1) is 5.69 Å². The summed E-state index contributed by atoms with van der Waals surface area (Å²) >= 11 is 5.09. The Balaban J connectivity index is 1.95. The van der Waals surface area contributed by atoms with Crippen molar-refractivity contribution in [3.8, 4) is 11.3 Å². The number of aryl methyl sites for hydroxylation is 1. The molecule has 0 fully saturated rings. The van der Waals surface area contributed by atoms with Gasteiger partial charge in [0, 0.05) is 30.2 Å².